The van der Waals surface area contributed by atoms with Crippen LogP contribution in [-0.2, 0) is 38.4 Å². The maximum Gasteiger partial charge on any atom is 0.329 e. The van der Waals surface area contributed by atoms with Crippen LogP contribution in [0.2, 0.25) is 0 Å². The van der Waals surface area contributed by atoms with Crippen molar-refractivity contribution >= 4 is 17.8 Å². The fourth-order valence-electron chi connectivity index (χ4n) is 4.38. The third kappa shape index (κ3) is 9.09. The van der Waals surface area contributed by atoms with E-state index in [4.69, 9.17) is 9.26 Å². The Morgan fingerprint density at radius 3 is 2.08 bits per heavy atom. The average Bonchev–Trinajstić information content (AvgIpc) is 3.36. The van der Waals surface area contributed by atoms with Crippen molar-refractivity contribution < 1.29 is 23.6 Å². The lowest BCUT2D eigenvalue weighted by Crippen LogP contribution is -2.42. The number of hydrogen-bond acceptors (Lipinski definition) is 6. The molecule has 2 aromatic carbocycles. The van der Waals surface area contributed by atoms with Crippen molar-refractivity contribution in [1.82, 2.24) is 15.8 Å². The molecule has 0 aliphatic rings. The van der Waals surface area contributed by atoms with Gasteiger partial charge >= 0.3 is 5.97 Å². The third-order valence-electron chi connectivity index (χ3n) is 6.34. The number of nitrogens with one attached hydrogen (secondary N) is 2. The first-order valence-electron chi connectivity index (χ1n) is 13.5. The second-order valence-electron chi connectivity index (χ2n) is 10.1. The maximum atomic E-state index is 13.0. The lowest BCUT2D eigenvalue weighted by Gasteiger charge is -2.18. The van der Waals surface area contributed by atoms with Gasteiger partial charge in [-0.2, -0.15) is 0 Å². The summed E-state index contributed by atoms with van der Waals surface area (Å²) >= 11 is 0. The van der Waals surface area contributed by atoms with Crippen LogP contribution in [0.25, 0.3) is 11.1 Å². The molecule has 0 saturated heterocycles. The third-order valence-corrected chi connectivity index (χ3v) is 6.34. The molecule has 0 radical (unpaired) electrons. The monoisotopic (exact) mass is 533 g/mol. The molecule has 2 unspecified atom stereocenters. The van der Waals surface area contributed by atoms with Crippen LogP contribution in [0.5, 0.6) is 0 Å². The molecule has 3 rings (SSSR count). The minimum absolute atomic E-state index is 0.0985. The Hall–Kier alpha value is -3.94. The number of hydrogen-bond donors (Lipinski definition) is 2. The Bertz CT molecular complexity index is 1230. The second kappa shape index (κ2) is 14.3. The smallest absolute Gasteiger partial charge is 0.329 e. The molecule has 0 saturated carbocycles. The summed E-state index contributed by atoms with van der Waals surface area (Å²) in [4.78, 5) is 36.8. The first kappa shape index (κ1) is 29.6. The van der Waals surface area contributed by atoms with E-state index in [1.54, 1.807) is 13.0 Å². The van der Waals surface area contributed by atoms with Crippen LogP contribution in [0.3, 0.4) is 0 Å². The van der Waals surface area contributed by atoms with Gasteiger partial charge in [-0.25, -0.2) is 4.79 Å². The van der Waals surface area contributed by atoms with Crippen LogP contribution in [0.4, 0.5) is 0 Å². The molecule has 8 nitrogen and oxygen atoms in total. The fourth-order valence-corrected chi connectivity index (χ4v) is 4.38. The zero-order chi connectivity index (χ0) is 28.4. The van der Waals surface area contributed by atoms with Crippen LogP contribution < -0.4 is 10.6 Å². The highest BCUT2D eigenvalue weighted by Crippen LogP contribution is 2.23. The summed E-state index contributed by atoms with van der Waals surface area (Å²) in [7, 11) is 0. The van der Waals surface area contributed by atoms with Crippen molar-refractivity contribution in [1.29, 1.82) is 0 Å². The molecule has 0 bridgehead atoms. The van der Waals surface area contributed by atoms with Gasteiger partial charge < -0.3 is 19.9 Å². The summed E-state index contributed by atoms with van der Waals surface area (Å²) in [6, 6.07) is 17.0. The van der Waals surface area contributed by atoms with Gasteiger partial charge in [-0.05, 0) is 47.9 Å². The van der Waals surface area contributed by atoms with Gasteiger partial charge in [0.15, 0.2) is 0 Å². The SMILES string of the molecule is CCOC(=O)C(Cc1cc(C(CC(C)C)NC(=O)Cc2ccc(-c3ccc(CC)cc3)cc2)no1)NC(C)=O. The predicted molar refractivity (Wildman–Crippen MR) is 150 cm³/mol. The van der Waals surface area contributed by atoms with Crippen molar-refractivity contribution in [2.45, 2.75) is 72.4 Å². The molecule has 0 aliphatic heterocycles. The summed E-state index contributed by atoms with van der Waals surface area (Å²) in [5.41, 5.74) is 5.04. The first-order valence-corrected chi connectivity index (χ1v) is 13.5. The van der Waals surface area contributed by atoms with Crippen LogP contribution in [0, 0.1) is 5.92 Å². The van der Waals surface area contributed by atoms with E-state index in [0.717, 1.165) is 23.1 Å². The van der Waals surface area contributed by atoms with E-state index in [1.165, 1.54) is 12.5 Å². The number of carbonyl (C=O) groups excluding carboxylic acids is 3. The van der Waals surface area contributed by atoms with Gasteiger partial charge in [0.25, 0.3) is 0 Å². The molecule has 1 heterocycles. The first-order chi connectivity index (χ1) is 18.7. The number of aromatic nitrogens is 1. The van der Waals surface area contributed by atoms with Crippen LogP contribution >= 0.6 is 0 Å². The number of carbonyl (C=O) groups is 3. The Kier molecular flexibility index (Phi) is 10.8. The average molecular weight is 534 g/mol. The lowest BCUT2D eigenvalue weighted by atomic mass is 9.99. The van der Waals surface area contributed by atoms with Crippen molar-refractivity contribution in [3.05, 3.63) is 77.2 Å². The van der Waals surface area contributed by atoms with Gasteiger partial charge in [-0.1, -0.05) is 74.5 Å². The molecule has 2 amide bonds. The van der Waals surface area contributed by atoms with E-state index in [0.29, 0.717) is 23.8 Å². The molecule has 0 fully saturated rings. The van der Waals surface area contributed by atoms with E-state index in [1.807, 2.05) is 24.3 Å². The van der Waals surface area contributed by atoms with Gasteiger partial charge in [-0.3, -0.25) is 9.59 Å². The molecule has 3 aromatic rings. The molecular formula is C31H39N3O5. The number of ether oxygens (including phenoxy) is 1. The molecule has 1 aromatic heterocycles. The number of nitrogens with zero attached hydrogens (tertiary/aromatic N) is 1. The number of amides is 2. The Morgan fingerprint density at radius 1 is 0.923 bits per heavy atom. The van der Waals surface area contributed by atoms with Crippen molar-refractivity contribution in [2.75, 3.05) is 6.61 Å². The molecule has 39 heavy (non-hydrogen) atoms. The topological polar surface area (TPSA) is 111 Å². The highest BCUT2D eigenvalue weighted by molar-refractivity contribution is 5.83. The number of aryl methyl sites for hydroxylation is 1. The Morgan fingerprint density at radius 2 is 1.54 bits per heavy atom. The molecule has 0 aliphatic carbocycles. The zero-order valence-corrected chi connectivity index (χ0v) is 23.5. The number of benzene rings is 2. The summed E-state index contributed by atoms with van der Waals surface area (Å²) in [5, 5.41) is 9.85. The van der Waals surface area contributed by atoms with Crippen LogP contribution in [0.15, 0.2) is 59.1 Å². The molecular weight excluding hydrogens is 494 g/mol. The largest absolute Gasteiger partial charge is 0.464 e. The fraction of sp³-hybridized carbons (Fsp3) is 0.419. The maximum absolute atomic E-state index is 13.0. The predicted octanol–water partition coefficient (Wildman–Crippen LogP) is 4.96. The van der Waals surface area contributed by atoms with Crippen molar-refractivity contribution in [3.8, 4) is 11.1 Å². The normalized spacial score (nSPS) is 12.6. The Balaban J connectivity index is 1.66. The van der Waals surface area contributed by atoms with E-state index in [9.17, 15) is 14.4 Å². The summed E-state index contributed by atoms with van der Waals surface area (Å²) in [6.07, 6.45) is 2.01. The summed E-state index contributed by atoms with van der Waals surface area (Å²) in [5.74, 6) is -0.294. The minimum atomic E-state index is -0.881. The van der Waals surface area contributed by atoms with Gasteiger partial charge in [-0.15, -0.1) is 0 Å². The standard InChI is InChI=1S/C31H39N3O5/c1-6-22-8-12-24(13-9-22)25-14-10-23(11-15-25)17-30(36)33-27(16-20(3)4)28-18-26(39-34-28)19-29(32-21(5)35)31(37)38-7-2/h8-15,18,20,27,29H,6-7,16-17,19H2,1-5H3,(H,32,35)(H,33,36). The molecule has 0 spiro atoms. The van der Waals surface area contributed by atoms with E-state index in [2.05, 4.69) is 60.8 Å². The van der Waals surface area contributed by atoms with E-state index < -0.39 is 12.0 Å². The van der Waals surface area contributed by atoms with Crippen LogP contribution in [-0.4, -0.2) is 35.6 Å². The number of esters is 1. The van der Waals surface area contributed by atoms with Crippen molar-refractivity contribution in [3.63, 3.8) is 0 Å². The van der Waals surface area contributed by atoms with Gasteiger partial charge in [0.1, 0.15) is 17.5 Å². The Labute approximate surface area is 230 Å². The lowest BCUT2D eigenvalue weighted by molar-refractivity contribution is -0.147. The van der Waals surface area contributed by atoms with E-state index in [-0.39, 0.29) is 37.3 Å². The molecule has 2 atom stereocenters. The molecule has 2 N–H and O–H groups in total. The van der Waals surface area contributed by atoms with Gasteiger partial charge in [0, 0.05) is 19.4 Å². The molecule has 8 heteroatoms. The van der Waals surface area contributed by atoms with Crippen molar-refractivity contribution in [2.24, 2.45) is 5.92 Å². The minimum Gasteiger partial charge on any atom is -0.464 e. The van der Waals surface area contributed by atoms with Crippen LogP contribution in [0.1, 0.15) is 69.7 Å². The van der Waals surface area contributed by atoms with Gasteiger partial charge in [0.05, 0.1) is 19.1 Å². The summed E-state index contributed by atoms with van der Waals surface area (Å²) in [6.45, 7) is 9.52. The summed E-state index contributed by atoms with van der Waals surface area (Å²) < 4.78 is 10.5. The highest BCUT2D eigenvalue weighted by atomic mass is 16.5. The quantitative estimate of drug-likeness (QED) is 0.301. The zero-order valence-electron chi connectivity index (χ0n) is 23.5. The number of rotatable bonds is 13. The van der Waals surface area contributed by atoms with E-state index >= 15 is 0 Å². The van der Waals surface area contributed by atoms with Gasteiger partial charge in [0.2, 0.25) is 11.8 Å². The molecule has 208 valence electrons. The highest BCUT2D eigenvalue weighted by Gasteiger charge is 2.25. The second-order valence-corrected chi connectivity index (χ2v) is 10.1.